The molecule has 1 aromatic heterocycles. The molecule has 1 aliphatic heterocycles. The quantitative estimate of drug-likeness (QED) is 0.839. The molecule has 100 valence electrons. The van der Waals surface area contributed by atoms with Crippen LogP contribution in [0.2, 0.25) is 0 Å². The van der Waals surface area contributed by atoms with Crippen molar-refractivity contribution in [2.45, 2.75) is 32.4 Å². The third kappa shape index (κ3) is 2.78. The number of carbonyl (C=O) groups excluding carboxylic acids is 1. The molecule has 7 heteroatoms. The van der Waals surface area contributed by atoms with Crippen LogP contribution in [0.4, 0.5) is 5.00 Å². The summed E-state index contributed by atoms with van der Waals surface area (Å²) in [7, 11) is 1.87. The van der Waals surface area contributed by atoms with Gasteiger partial charge in [0.1, 0.15) is 10.7 Å². The minimum absolute atomic E-state index is 0.0363. The lowest BCUT2D eigenvalue weighted by Crippen LogP contribution is -2.45. The Hall–Kier alpha value is -1.21. The average Bonchev–Trinajstić information content (AvgIpc) is 2.79. The van der Waals surface area contributed by atoms with Crippen molar-refractivity contribution < 1.29 is 4.79 Å². The Balaban J connectivity index is 2.04. The highest BCUT2D eigenvalue weighted by atomic mass is 32.1. The first-order valence-corrected chi connectivity index (χ1v) is 6.91. The zero-order valence-electron chi connectivity index (χ0n) is 10.7. The maximum atomic E-state index is 11.3. The molecule has 0 bridgehead atoms. The van der Waals surface area contributed by atoms with Gasteiger partial charge >= 0.3 is 0 Å². The number of primary amides is 1. The molecule has 1 saturated heterocycles. The number of nitrogens with two attached hydrogens (primary N) is 1. The molecule has 1 fully saturated rings. The maximum absolute atomic E-state index is 11.3. The molecule has 0 aliphatic carbocycles. The lowest BCUT2D eigenvalue weighted by molar-refractivity contribution is -0.124. The summed E-state index contributed by atoms with van der Waals surface area (Å²) >= 11 is 1.36. The molecule has 1 amide bonds. The highest BCUT2D eigenvalue weighted by molar-refractivity contribution is 7.10. The molecule has 0 aromatic carbocycles. The predicted molar refractivity (Wildman–Crippen MR) is 71.2 cm³/mol. The number of aromatic nitrogens is 2. The van der Waals surface area contributed by atoms with Crippen LogP contribution in [0.5, 0.6) is 0 Å². The van der Waals surface area contributed by atoms with Crippen LogP contribution in [0.1, 0.15) is 25.5 Å². The molecular weight excluding hydrogens is 250 g/mol. The van der Waals surface area contributed by atoms with Crippen LogP contribution in [-0.2, 0) is 11.3 Å². The normalized spacial score (nSPS) is 25.0. The molecule has 3 N–H and O–H groups in total. The molecule has 6 nitrogen and oxygen atoms in total. The second-order valence-electron chi connectivity index (χ2n) is 4.75. The van der Waals surface area contributed by atoms with Crippen LogP contribution in [0.15, 0.2) is 0 Å². The number of rotatable bonds is 4. The van der Waals surface area contributed by atoms with Gasteiger partial charge in [0.05, 0.1) is 5.92 Å². The van der Waals surface area contributed by atoms with Crippen molar-refractivity contribution in [1.29, 1.82) is 0 Å². The van der Waals surface area contributed by atoms with E-state index in [1.807, 2.05) is 7.05 Å². The molecule has 1 aromatic rings. The van der Waals surface area contributed by atoms with E-state index in [0.29, 0.717) is 6.04 Å². The molecule has 2 heterocycles. The number of likely N-dealkylation sites (tertiary alicyclic amines) is 1. The summed E-state index contributed by atoms with van der Waals surface area (Å²) in [5.74, 6) is -0.233. The zero-order chi connectivity index (χ0) is 13.1. The van der Waals surface area contributed by atoms with Crippen molar-refractivity contribution in [3.8, 4) is 0 Å². The molecular formula is C11H19N5OS. The third-order valence-electron chi connectivity index (χ3n) is 3.55. The fourth-order valence-corrected chi connectivity index (χ4v) is 2.85. The standard InChI is InChI=1S/C11H19N5OS/c1-7-3-4-8(10(12)17)5-16(7)6-9-11(13-2)18-15-14-9/h7-8,13H,3-6H2,1-2H3,(H2,12,17). The lowest BCUT2D eigenvalue weighted by atomic mass is 9.93. The van der Waals surface area contributed by atoms with Crippen LogP contribution < -0.4 is 11.1 Å². The second-order valence-corrected chi connectivity index (χ2v) is 5.51. The van der Waals surface area contributed by atoms with Crippen molar-refractivity contribution in [2.75, 3.05) is 18.9 Å². The summed E-state index contributed by atoms with van der Waals surface area (Å²) in [4.78, 5) is 13.5. The van der Waals surface area contributed by atoms with Crippen molar-refractivity contribution >= 4 is 22.4 Å². The number of nitrogens with zero attached hydrogens (tertiary/aromatic N) is 3. The highest BCUT2D eigenvalue weighted by Crippen LogP contribution is 2.26. The number of hydrogen-bond acceptors (Lipinski definition) is 6. The monoisotopic (exact) mass is 269 g/mol. The maximum Gasteiger partial charge on any atom is 0.221 e. The third-order valence-corrected chi connectivity index (χ3v) is 4.33. The molecule has 2 atom stereocenters. The molecule has 1 aliphatic rings. The van der Waals surface area contributed by atoms with Gasteiger partial charge in [0, 0.05) is 37.7 Å². The first kappa shape index (κ1) is 13.2. The van der Waals surface area contributed by atoms with Gasteiger partial charge in [-0.1, -0.05) is 4.49 Å². The summed E-state index contributed by atoms with van der Waals surface area (Å²) in [5, 5.41) is 8.21. The molecule has 2 rings (SSSR count). The largest absolute Gasteiger partial charge is 0.377 e. The Morgan fingerprint density at radius 1 is 1.61 bits per heavy atom. The van der Waals surface area contributed by atoms with Gasteiger partial charge in [0.15, 0.2) is 0 Å². The summed E-state index contributed by atoms with van der Waals surface area (Å²) in [5.41, 5.74) is 6.34. The minimum atomic E-state index is -0.197. The van der Waals surface area contributed by atoms with E-state index >= 15 is 0 Å². The molecule has 2 unspecified atom stereocenters. The Morgan fingerprint density at radius 3 is 3.06 bits per heavy atom. The van der Waals surface area contributed by atoms with E-state index in [-0.39, 0.29) is 11.8 Å². The number of nitrogens with one attached hydrogen (secondary N) is 1. The van der Waals surface area contributed by atoms with Crippen molar-refractivity contribution in [3.63, 3.8) is 0 Å². The van der Waals surface area contributed by atoms with Crippen molar-refractivity contribution in [2.24, 2.45) is 11.7 Å². The van der Waals surface area contributed by atoms with E-state index in [1.54, 1.807) is 0 Å². The molecule has 0 radical (unpaired) electrons. The number of hydrogen-bond donors (Lipinski definition) is 2. The van der Waals surface area contributed by atoms with E-state index in [0.717, 1.165) is 36.6 Å². The van der Waals surface area contributed by atoms with E-state index < -0.39 is 0 Å². The van der Waals surface area contributed by atoms with Gasteiger partial charge < -0.3 is 11.1 Å². The number of carbonyl (C=O) groups is 1. The topological polar surface area (TPSA) is 84.1 Å². The van der Waals surface area contributed by atoms with Gasteiger partial charge in [-0.05, 0) is 19.8 Å². The SMILES string of the molecule is CNc1snnc1CN1CC(C(N)=O)CCC1C. The summed E-state index contributed by atoms with van der Waals surface area (Å²) in [6, 6.07) is 0.451. The van der Waals surface area contributed by atoms with Crippen LogP contribution in [-0.4, -0.2) is 40.0 Å². The van der Waals surface area contributed by atoms with Crippen LogP contribution in [0, 0.1) is 5.92 Å². The van der Waals surface area contributed by atoms with Crippen molar-refractivity contribution in [3.05, 3.63) is 5.69 Å². The van der Waals surface area contributed by atoms with Gasteiger partial charge in [-0.2, -0.15) is 0 Å². The Labute approximate surface area is 111 Å². The smallest absolute Gasteiger partial charge is 0.221 e. The van der Waals surface area contributed by atoms with Gasteiger partial charge in [-0.3, -0.25) is 9.69 Å². The molecule has 0 saturated carbocycles. The van der Waals surface area contributed by atoms with E-state index in [2.05, 4.69) is 26.7 Å². The number of anilines is 1. The van der Waals surface area contributed by atoms with Gasteiger partial charge in [-0.25, -0.2) is 0 Å². The van der Waals surface area contributed by atoms with Gasteiger partial charge in [0.25, 0.3) is 0 Å². The lowest BCUT2D eigenvalue weighted by Gasteiger charge is -2.36. The Kier molecular flexibility index (Phi) is 4.13. The first-order chi connectivity index (χ1) is 8.61. The molecule has 0 spiro atoms. The van der Waals surface area contributed by atoms with Crippen molar-refractivity contribution in [1.82, 2.24) is 14.5 Å². The van der Waals surface area contributed by atoms with E-state index in [4.69, 9.17) is 5.73 Å². The first-order valence-electron chi connectivity index (χ1n) is 6.14. The Bertz CT molecular complexity index is 421. The average molecular weight is 269 g/mol. The molecule has 18 heavy (non-hydrogen) atoms. The van der Waals surface area contributed by atoms with Gasteiger partial charge in [0.2, 0.25) is 5.91 Å². The predicted octanol–water partition coefficient (Wildman–Crippen LogP) is 0.666. The number of piperidine rings is 1. The van der Waals surface area contributed by atoms with Gasteiger partial charge in [-0.15, -0.1) is 5.10 Å². The summed E-state index contributed by atoms with van der Waals surface area (Å²) in [6.07, 6.45) is 1.89. The zero-order valence-corrected chi connectivity index (χ0v) is 11.5. The summed E-state index contributed by atoms with van der Waals surface area (Å²) in [6.45, 7) is 3.62. The summed E-state index contributed by atoms with van der Waals surface area (Å²) < 4.78 is 3.95. The second kappa shape index (κ2) is 5.62. The Morgan fingerprint density at radius 2 is 2.39 bits per heavy atom. The van der Waals surface area contributed by atoms with E-state index in [9.17, 15) is 4.79 Å². The van der Waals surface area contributed by atoms with Crippen LogP contribution in [0.25, 0.3) is 0 Å². The van der Waals surface area contributed by atoms with E-state index in [1.165, 1.54) is 11.5 Å². The fraction of sp³-hybridized carbons (Fsp3) is 0.727. The fourth-order valence-electron chi connectivity index (χ4n) is 2.33. The van der Waals surface area contributed by atoms with Crippen LogP contribution >= 0.6 is 11.5 Å². The van der Waals surface area contributed by atoms with Crippen LogP contribution in [0.3, 0.4) is 0 Å². The highest BCUT2D eigenvalue weighted by Gasteiger charge is 2.29. The minimum Gasteiger partial charge on any atom is -0.377 e. The number of amides is 1.